The number of ether oxygens (including phenoxy) is 1. The lowest BCUT2D eigenvalue weighted by Gasteiger charge is -2.19. The fourth-order valence-electron chi connectivity index (χ4n) is 3.08. The second kappa shape index (κ2) is 8.04. The molecule has 3 rings (SSSR count). The van der Waals surface area contributed by atoms with Gasteiger partial charge in [-0.05, 0) is 49.2 Å². The maximum Gasteiger partial charge on any atom is 0.229 e. The quantitative estimate of drug-likeness (QED) is 0.861. The molecule has 0 aliphatic carbocycles. The summed E-state index contributed by atoms with van der Waals surface area (Å²) in [6, 6.07) is 15.1. The second-order valence-corrected chi connectivity index (χ2v) is 6.55. The number of carbonyl (C=O) groups is 2. The number of hydrogen-bond acceptors (Lipinski definition) is 3. The lowest BCUT2D eigenvalue weighted by atomic mass is 10.1. The molecule has 136 valence electrons. The van der Waals surface area contributed by atoms with Gasteiger partial charge in [-0.15, -0.1) is 0 Å². The van der Waals surface area contributed by atoms with E-state index in [-0.39, 0.29) is 24.2 Å². The second-order valence-electron chi connectivity index (χ2n) is 6.55. The van der Waals surface area contributed by atoms with E-state index >= 15 is 0 Å². The van der Waals surface area contributed by atoms with Crippen molar-refractivity contribution in [3.8, 4) is 5.75 Å². The molecule has 1 saturated heterocycles. The molecule has 1 aliphatic heterocycles. The average Bonchev–Trinajstić information content (AvgIpc) is 3.03. The largest absolute Gasteiger partial charge is 0.494 e. The van der Waals surface area contributed by atoms with Crippen LogP contribution in [0.1, 0.15) is 25.3 Å². The Morgan fingerprint density at radius 3 is 2.62 bits per heavy atom. The molecule has 1 atom stereocenters. The lowest BCUT2D eigenvalue weighted by molar-refractivity contribution is -0.122. The minimum absolute atomic E-state index is 0.0113. The van der Waals surface area contributed by atoms with Crippen LogP contribution in [0.3, 0.4) is 0 Å². The smallest absolute Gasteiger partial charge is 0.229 e. The van der Waals surface area contributed by atoms with Crippen molar-refractivity contribution in [2.24, 2.45) is 5.92 Å². The van der Waals surface area contributed by atoms with Crippen LogP contribution in [0.2, 0.25) is 0 Å². The first kappa shape index (κ1) is 18.0. The van der Waals surface area contributed by atoms with Crippen LogP contribution in [-0.4, -0.2) is 25.0 Å². The predicted octanol–water partition coefficient (Wildman–Crippen LogP) is 3.78. The Morgan fingerprint density at radius 2 is 1.92 bits per heavy atom. The van der Waals surface area contributed by atoms with Gasteiger partial charge in [0, 0.05) is 24.3 Å². The standard InChI is InChI=1S/C21H24N2O3/c1-3-12-26-18-10-8-17(9-11-18)22-21(25)16-13-20(24)23(14-16)19-7-5-4-6-15(19)2/h4-11,16H,3,12-14H2,1-2H3,(H,22,25)/t16-/m1/s1. The van der Waals surface area contributed by atoms with Crippen LogP contribution < -0.4 is 15.0 Å². The number of anilines is 2. The predicted molar refractivity (Wildman–Crippen MR) is 102 cm³/mol. The van der Waals surface area contributed by atoms with E-state index in [1.807, 2.05) is 55.5 Å². The summed E-state index contributed by atoms with van der Waals surface area (Å²) in [5.41, 5.74) is 2.62. The highest BCUT2D eigenvalue weighted by molar-refractivity contribution is 6.03. The van der Waals surface area contributed by atoms with E-state index in [4.69, 9.17) is 4.74 Å². The number of aryl methyl sites for hydroxylation is 1. The number of hydrogen-bond donors (Lipinski definition) is 1. The summed E-state index contributed by atoms with van der Waals surface area (Å²) in [4.78, 5) is 26.6. The number of carbonyl (C=O) groups excluding carboxylic acids is 2. The third-order valence-corrected chi connectivity index (χ3v) is 4.50. The van der Waals surface area contributed by atoms with Crippen LogP contribution in [0.25, 0.3) is 0 Å². The van der Waals surface area contributed by atoms with Crippen LogP contribution in [0.4, 0.5) is 11.4 Å². The summed E-state index contributed by atoms with van der Waals surface area (Å²) in [5.74, 6) is 0.296. The number of para-hydroxylation sites is 1. The van der Waals surface area contributed by atoms with E-state index in [0.717, 1.165) is 23.4 Å². The molecule has 2 amide bonds. The number of nitrogens with zero attached hydrogens (tertiary/aromatic N) is 1. The molecule has 0 saturated carbocycles. The van der Waals surface area contributed by atoms with Crippen molar-refractivity contribution < 1.29 is 14.3 Å². The first-order chi connectivity index (χ1) is 12.6. The van der Waals surface area contributed by atoms with Crippen molar-refractivity contribution in [3.63, 3.8) is 0 Å². The minimum atomic E-state index is -0.349. The van der Waals surface area contributed by atoms with Crippen molar-refractivity contribution in [2.75, 3.05) is 23.4 Å². The highest BCUT2D eigenvalue weighted by Crippen LogP contribution is 2.28. The molecule has 0 radical (unpaired) electrons. The third kappa shape index (κ3) is 4.04. The fourth-order valence-corrected chi connectivity index (χ4v) is 3.08. The van der Waals surface area contributed by atoms with Crippen LogP contribution in [0, 0.1) is 12.8 Å². The van der Waals surface area contributed by atoms with Gasteiger partial charge in [-0.25, -0.2) is 0 Å². The summed E-state index contributed by atoms with van der Waals surface area (Å²) >= 11 is 0. The molecule has 0 spiro atoms. The van der Waals surface area contributed by atoms with Gasteiger partial charge in [-0.1, -0.05) is 25.1 Å². The van der Waals surface area contributed by atoms with E-state index in [1.165, 1.54) is 0 Å². The Balaban J connectivity index is 1.62. The topological polar surface area (TPSA) is 58.6 Å². The summed E-state index contributed by atoms with van der Waals surface area (Å²) in [6.07, 6.45) is 1.18. The molecule has 26 heavy (non-hydrogen) atoms. The van der Waals surface area contributed by atoms with E-state index in [0.29, 0.717) is 18.8 Å². The summed E-state index contributed by atoms with van der Waals surface area (Å²) in [5, 5.41) is 2.90. The van der Waals surface area contributed by atoms with Crippen molar-refractivity contribution in [3.05, 3.63) is 54.1 Å². The van der Waals surface area contributed by atoms with Crippen molar-refractivity contribution in [1.29, 1.82) is 0 Å². The van der Waals surface area contributed by atoms with Crippen LogP contribution in [0.5, 0.6) is 5.75 Å². The van der Waals surface area contributed by atoms with Gasteiger partial charge in [-0.3, -0.25) is 9.59 Å². The number of amides is 2. The summed E-state index contributed by atoms with van der Waals surface area (Å²) < 4.78 is 5.54. The van der Waals surface area contributed by atoms with Gasteiger partial charge in [0.25, 0.3) is 0 Å². The van der Waals surface area contributed by atoms with Gasteiger partial charge in [0.2, 0.25) is 11.8 Å². The van der Waals surface area contributed by atoms with Crippen molar-refractivity contribution in [1.82, 2.24) is 0 Å². The van der Waals surface area contributed by atoms with Crippen molar-refractivity contribution >= 4 is 23.2 Å². The monoisotopic (exact) mass is 352 g/mol. The molecular weight excluding hydrogens is 328 g/mol. The molecular formula is C21H24N2O3. The van der Waals surface area contributed by atoms with Gasteiger partial charge in [0.1, 0.15) is 5.75 Å². The average molecular weight is 352 g/mol. The molecule has 5 heteroatoms. The molecule has 1 aliphatic rings. The molecule has 1 heterocycles. The maximum atomic E-state index is 12.6. The van der Waals surface area contributed by atoms with Gasteiger partial charge < -0.3 is 15.0 Å². The molecule has 1 fully saturated rings. The zero-order chi connectivity index (χ0) is 18.5. The third-order valence-electron chi connectivity index (χ3n) is 4.50. The Kier molecular flexibility index (Phi) is 5.56. The Labute approximate surface area is 154 Å². The van der Waals surface area contributed by atoms with Crippen LogP contribution in [-0.2, 0) is 9.59 Å². The molecule has 0 unspecified atom stereocenters. The summed E-state index contributed by atoms with van der Waals surface area (Å²) in [7, 11) is 0. The molecule has 5 nitrogen and oxygen atoms in total. The van der Waals surface area contributed by atoms with Crippen molar-refractivity contribution in [2.45, 2.75) is 26.7 Å². The van der Waals surface area contributed by atoms with Gasteiger partial charge in [0.15, 0.2) is 0 Å². The van der Waals surface area contributed by atoms with Gasteiger partial charge in [-0.2, -0.15) is 0 Å². The number of rotatable bonds is 6. The minimum Gasteiger partial charge on any atom is -0.494 e. The molecule has 0 bridgehead atoms. The van der Waals surface area contributed by atoms with Crippen LogP contribution >= 0.6 is 0 Å². The zero-order valence-electron chi connectivity index (χ0n) is 15.2. The first-order valence-electron chi connectivity index (χ1n) is 8.98. The highest BCUT2D eigenvalue weighted by Gasteiger charge is 2.35. The lowest BCUT2D eigenvalue weighted by Crippen LogP contribution is -2.28. The highest BCUT2D eigenvalue weighted by atomic mass is 16.5. The number of nitrogens with one attached hydrogen (secondary N) is 1. The van der Waals surface area contributed by atoms with Gasteiger partial charge in [0.05, 0.1) is 12.5 Å². The maximum absolute atomic E-state index is 12.6. The Bertz CT molecular complexity index is 786. The Morgan fingerprint density at radius 1 is 1.19 bits per heavy atom. The fraction of sp³-hybridized carbons (Fsp3) is 0.333. The van der Waals surface area contributed by atoms with Gasteiger partial charge >= 0.3 is 0 Å². The SMILES string of the molecule is CCCOc1ccc(NC(=O)[C@@H]2CC(=O)N(c3ccccc3C)C2)cc1. The molecule has 1 N–H and O–H groups in total. The molecule has 0 aromatic heterocycles. The number of benzene rings is 2. The molecule has 2 aromatic carbocycles. The normalized spacial score (nSPS) is 16.6. The zero-order valence-corrected chi connectivity index (χ0v) is 15.2. The van der Waals surface area contributed by atoms with E-state index < -0.39 is 0 Å². The van der Waals surface area contributed by atoms with E-state index in [1.54, 1.807) is 4.90 Å². The first-order valence-corrected chi connectivity index (χ1v) is 8.98. The van der Waals surface area contributed by atoms with E-state index in [2.05, 4.69) is 12.2 Å². The molecule has 2 aromatic rings. The van der Waals surface area contributed by atoms with E-state index in [9.17, 15) is 9.59 Å². The van der Waals surface area contributed by atoms with Crippen LogP contribution in [0.15, 0.2) is 48.5 Å². The summed E-state index contributed by atoms with van der Waals surface area (Å²) in [6.45, 7) is 5.10. The Hall–Kier alpha value is -2.82.